The lowest BCUT2D eigenvalue weighted by Crippen LogP contribution is -2.46. The molecule has 1 fully saturated rings. The fraction of sp³-hybridized carbons (Fsp3) is 0.833. The van der Waals surface area contributed by atoms with Crippen molar-refractivity contribution < 1.29 is 14.7 Å². The van der Waals surface area contributed by atoms with Gasteiger partial charge in [-0.05, 0) is 19.3 Å². The van der Waals surface area contributed by atoms with E-state index in [0.29, 0.717) is 19.5 Å². The van der Waals surface area contributed by atoms with E-state index >= 15 is 0 Å². The van der Waals surface area contributed by atoms with E-state index in [1.807, 2.05) is 6.92 Å². The predicted octanol–water partition coefficient (Wildman–Crippen LogP) is 0.787. The Balaban J connectivity index is 2.61. The van der Waals surface area contributed by atoms with Gasteiger partial charge in [-0.3, -0.25) is 4.79 Å². The third kappa shape index (κ3) is 3.60. The highest BCUT2D eigenvalue weighted by Crippen LogP contribution is 2.17. The van der Waals surface area contributed by atoms with Crippen LogP contribution < -0.4 is 5.73 Å². The number of carbonyl (C=O) groups excluding carboxylic acids is 1. The first kappa shape index (κ1) is 14.8. The zero-order chi connectivity index (χ0) is 13.5. The molecule has 1 amide bonds. The first-order valence-electron chi connectivity index (χ1n) is 6.43. The van der Waals surface area contributed by atoms with E-state index in [9.17, 15) is 4.79 Å². The number of methoxy groups -OCH3 is 1. The quantitative estimate of drug-likeness (QED) is 0.330. The number of likely N-dealkylation sites (tertiary alicyclic amines) is 1. The Morgan fingerprint density at radius 2 is 2.17 bits per heavy atom. The van der Waals surface area contributed by atoms with Gasteiger partial charge in [0.2, 0.25) is 5.91 Å². The number of ether oxygens (including phenoxy) is 1. The van der Waals surface area contributed by atoms with Gasteiger partial charge < -0.3 is 20.6 Å². The zero-order valence-corrected chi connectivity index (χ0v) is 11.1. The van der Waals surface area contributed by atoms with Gasteiger partial charge in [0.25, 0.3) is 0 Å². The first-order valence-corrected chi connectivity index (χ1v) is 6.43. The van der Waals surface area contributed by atoms with Gasteiger partial charge in [-0.1, -0.05) is 18.5 Å². The number of hydrogen-bond donors (Lipinski definition) is 2. The highest BCUT2D eigenvalue weighted by molar-refractivity contribution is 6.02. The third-order valence-corrected chi connectivity index (χ3v) is 3.43. The Labute approximate surface area is 108 Å². The van der Waals surface area contributed by atoms with Crippen LogP contribution in [0.5, 0.6) is 0 Å². The molecule has 1 rings (SSSR count). The standard InChI is InChI=1S/C12H23N3O3/c1-3-4-10(11(13)14-17)12(16)15-7-5-9(18-2)6-8-15/h9-10,17H,3-8H2,1-2H3,(H2,13,14). The van der Waals surface area contributed by atoms with Gasteiger partial charge in [0.15, 0.2) is 5.84 Å². The molecule has 0 spiro atoms. The predicted molar refractivity (Wildman–Crippen MR) is 68.4 cm³/mol. The summed E-state index contributed by atoms with van der Waals surface area (Å²) in [6, 6.07) is 0. The van der Waals surface area contributed by atoms with Crippen LogP contribution in [0.4, 0.5) is 0 Å². The van der Waals surface area contributed by atoms with Crippen LogP contribution in [0.3, 0.4) is 0 Å². The molecule has 1 aliphatic rings. The SMILES string of the molecule is CCCC(C(=O)N1CCC(OC)CC1)C(N)=NO. The summed E-state index contributed by atoms with van der Waals surface area (Å²) >= 11 is 0. The maximum absolute atomic E-state index is 12.3. The molecule has 1 saturated heterocycles. The fourth-order valence-electron chi connectivity index (χ4n) is 2.29. The molecule has 0 aliphatic carbocycles. The summed E-state index contributed by atoms with van der Waals surface area (Å²) in [7, 11) is 1.69. The molecule has 1 atom stereocenters. The van der Waals surface area contributed by atoms with Crippen LogP contribution in [0.1, 0.15) is 32.6 Å². The molecule has 0 saturated carbocycles. The second-order valence-corrected chi connectivity index (χ2v) is 4.63. The van der Waals surface area contributed by atoms with Gasteiger partial charge in [0, 0.05) is 20.2 Å². The molecule has 104 valence electrons. The number of nitrogens with two attached hydrogens (primary N) is 1. The van der Waals surface area contributed by atoms with Crippen LogP contribution in [-0.4, -0.2) is 48.2 Å². The van der Waals surface area contributed by atoms with Gasteiger partial charge in [0.1, 0.15) is 0 Å². The minimum Gasteiger partial charge on any atom is -0.409 e. The molecule has 6 nitrogen and oxygen atoms in total. The molecule has 3 N–H and O–H groups in total. The second kappa shape index (κ2) is 7.20. The molecule has 18 heavy (non-hydrogen) atoms. The van der Waals surface area contributed by atoms with Crippen molar-refractivity contribution in [1.29, 1.82) is 0 Å². The number of amides is 1. The van der Waals surface area contributed by atoms with E-state index in [-0.39, 0.29) is 17.8 Å². The largest absolute Gasteiger partial charge is 0.409 e. The number of carbonyl (C=O) groups is 1. The Bertz CT molecular complexity index is 299. The first-order chi connectivity index (χ1) is 8.63. The molecule has 6 heteroatoms. The van der Waals surface area contributed by atoms with Gasteiger partial charge >= 0.3 is 0 Å². The van der Waals surface area contributed by atoms with Crippen molar-refractivity contribution in [2.45, 2.75) is 38.7 Å². The maximum atomic E-state index is 12.3. The lowest BCUT2D eigenvalue weighted by atomic mass is 9.98. The van der Waals surface area contributed by atoms with Crippen LogP contribution in [-0.2, 0) is 9.53 Å². The molecule has 1 unspecified atom stereocenters. The van der Waals surface area contributed by atoms with E-state index in [2.05, 4.69) is 5.16 Å². The van der Waals surface area contributed by atoms with Gasteiger partial charge in [-0.25, -0.2) is 0 Å². The van der Waals surface area contributed by atoms with Gasteiger partial charge in [0.05, 0.1) is 12.0 Å². The van der Waals surface area contributed by atoms with Crippen LogP contribution in [0, 0.1) is 5.92 Å². The maximum Gasteiger partial charge on any atom is 0.233 e. The highest BCUT2D eigenvalue weighted by Gasteiger charge is 2.30. The summed E-state index contributed by atoms with van der Waals surface area (Å²) < 4.78 is 5.27. The number of hydrogen-bond acceptors (Lipinski definition) is 4. The minimum absolute atomic E-state index is 0.00992. The average Bonchev–Trinajstić information content (AvgIpc) is 2.43. The van der Waals surface area contributed by atoms with E-state index in [4.69, 9.17) is 15.7 Å². The number of oxime groups is 1. The molecule has 0 aromatic rings. The lowest BCUT2D eigenvalue weighted by Gasteiger charge is -2.33. The number of piperidine rings is 1. The summed E-state index contributed by atoms with van der Waals surface area (Å²) in [6.45, 7) is 3.33. The Morgan fingerprint density at radius 1 is 1.56 bits per heavy atom. The Morgan fingerprint density at radius 3 is 2.61 bits per heavy atom. The van der Waals surface area contributed by atoms with Crippen molar-refractivity contribution in [2.75, 3.05) is 20.2 Å². The minimum atomic E-state index is -0.501. The van der Waals surface area contributed by atoms with Crippen molar-refractivity contribution in [1.82, 2.24) is 4.90 Å². The van der Waals surface area contributed by atoms with E-state index in [1.54, 1.807) is 12.0 Å². The highest BCUT2D eigenvalue weighted by atomic mass is 16.5. The fourth-order valence-corrected chi connectivity index (χ4v) is 2.29. The second-order valence-electron chi connectivity index (χ2n) is 4.63. The zero-order valence-electron chi connectivity index (χ0n) is 11.1. The van der Waals surface area contributed by atoms with Crippen molar-refractivity contribution in [3.05, 3.63) is 0 Å². The van der Waals surface area contributed by atoms with Crippen LogP contribution in [0.25, 0.3) is 0 Å². The van der Waals surface area contributed by atoms with Crippen molar-refractivity contribution in [2.24, 2.45) is 16.8 Å². The van der Waals surface area contributed by atoms with Gasteiger partial charge in [-0.15, -0.1) is 0 Å². The Hall–Kier alpha value is -1.30. The Kier molecular flexibility index (Phi) is 5.91. The topological polar surface area (TPSA) is 88.2 Å². The molecule has 1 aliphatic heterocycles. The van der Waals surface area contributed by atoms with Crippen molar-refractivity contribution in [3.8, 4) is 0 Å². The normalized spacial score (nSPS) is 19.9. The number of amidine groups is 1. The number of rotatable bonds is 5. The van der Waals surface area contributed by atoms with Crippen LogP contribution in [0.15, 0.2) is 5.16 Å². The lowest BCUT2D eigenvalue weighted by molar-refractivity contribution is -0.136. The molecule has 0 aromatic carbocycles. The van der Waals surface area contributed by atoms with E-state index in [0.717, 1.165) is 19.3 Å². The number of nitrogens with zero attached hydrogens (tertiary/aromatic N) is 2. The average molecular weight is 257 g/mol. The molecule has 1 heterocycles. The summed E-state index contributed by atoms with van der Waals surface area (Å²) in [6.07, 6.45) is 3.36. The molecular weight excluding hydrogens is 234 g/mol. The van der Waals surface area contributed by atoms with Crippen molar-refractivity contribution >= 4 is 11.7 Å². The molecular formula is C12H23N3O3. The summed E-state index contributed by atoms with van der Waals surface area (Å²) in [5.41, 5.74) is 5.59. The molecule has 0 aromatic heterocycles. The van der Waals surface area contributed by atoms with Crippen LogP contribution in [0.2, 0.25) is 0 Å². The molecule has 0 radical (unpaired) electrons. The monoisotopic (exact) mass is 257 g/mol. The smallest absolute Gasteiger partial charge is 0.233 e. The molecule has 0 bridgehead atoms. The third-order valence-electron chi connectivity index (χ3n) is 3.43. The summed E-state index contributed by atoms with van der Waals surface area (Å²) in [5, 5.41) is 11.7. The van der Waals surface area contributed by atoms with Crippen molar-refractivity contribution in [3.63, 3.8) is 0 Å². The summed E-state index contributed by atoms with van der Waals surface area (Å²) in [5.74, 6) is -0.531. The van der Waals surface area contributed by atoms with Gasteiger partial charge in [-0.2, -0.15) is 0 Å². The van der Waals surface area contributed by atoms with Crippen LogP contribution >= 0.6 is 0 Å². The van der Waals surface area contributed by atoms with E-state index < -0.39 is 5.92 Å². The summed E-state index contributed by atoms with van der Waals surface area (Å²) in [4.78, 5) is 14.1. The van der Waals surface area contributed by atoms with E-state index in [1.165, 1.54) is 0 Å².